The van der Waals surface area contributed by atoms with Gasteiger partial charge in [0.25, 0.3) is 0 Å². The van der Waals surface area contributed by atoms with Crippen molar-refractivity contribution in [2.45, 2.75) is 32.5 Å². The lowest BCUT2D eigenvalue weighted by Gasteiger charge is -2.34. The topological polar surface area (TPSA) is 52.6 Å². The van der Waals surface area contributed by atoms with Crippen LogP contribution in [0.15, 0.2) is 0 Å². The molecule has 4 heteroatoms. The number of carbonyl (C=O) groups is 2. The van der Waals surface area contributed by atoms with Gasteiger partial charge in [-0.2, -0.15) is 0 Å². The van der Waals surface area contributed by atoms with Crippen molar-refractivity contribution >= 4 is 11.9 Å². The van der Waals surface area contributed by atoms with Crippen molar-refractivity contribution in [2.75, 3.05) is 0 Å². The molecule has 1 saturated heterocycles. The Hall–Kier alpha value is -1.06. The Balaban J connectivity index is 2.78. The van der Waals surface area contributed by atoms with Gasteiger partial charge in [-0.05, 0) is 20.8 Å². The van der Waals surface area contributed by atoms with Crippen molar-refractivity contribution < 1.29 is 19.1 Å². The van der Waals surface area contributed by atoms with Gasteiger partial charge in [-0.1, -0.05) is 0 Å². The van der Waals surface area contributed by atoms with E-state index in [9.17, 15) is 9.59 Å². The van der Waals surface area contributed by atoms with Gasteiger partial charge in [0.1, 0.15) is 11.7 Å². The molecule has 0 bridgehead atoms. The number of ether oxygens (including phenoxy) is 2. The summed E-state index contributed by atoms with van der Waals surface area (Å²) in [6.07, 6.45) is -0.382. The van der Waals surface area contributed by atoms with E-state index in [4.69, 9.17) is 9.47 Å². The zero-order chi connectivity index (χ0) is 8.65. The number of carbonyl (C=O) groups excluding carboxylic acids is 2. The number of hydrogen-bond donors (Lipinski definition) is 0. The maximum absolute atomic E-state index is 10.7. The molecule has 1 atom stereocenters. The van der Waals surface area contributed by atoms with Crippen molar-refractivity contribution in [3.05, 3.63) is 0 Å². The maximum atomic E-state index is 10.7. The number of hydrogen-bond acceptors (Lipinski definition) is 4. The number of cyclic esters (lactones) is 2. The highest BCUT2D eigenvalue weighted by molar-refractivity contribution is 6.30. The Kier molecular flexibility index (Phi) is 1.62. The Morgan fingerprint density at radius 2 is 1.82 bits per heavy atom. The van der Waals surface area contributed by atoms with Gasteiger partial charge in [-0.25, -0.2) is 9.59 Å². The molecule has 0 saturated carbocycles. The van der Waals surface area contributed by atoms with Crippen molar-refractivity contribution in [3.8, 4) is 0 Å². The largest absolute Gasteiger partial charge is 0.450 e. The second-order valence-electron chi connectivity index (χ2n) is 3.04. The second kappa shape index (κ2) is 2.22. The van der Waals surface area contributed by atoms with Crippen molar-refractivity contribution in [1.82, 2.24) is 0 Å². The van der Waals surface area contributed by atoms with Crippen LogP contribution < -0.4 is 0 Å². The molecule has 0 aromatic rings. The monoisotopic (exact) mass is 158 g/mol. The third-order valence-corrected chi connectivity index (χ3v) is 1.79. The van der Waals surface area contributed by atoms with Crippen LogP contribution in [-0.4, -0.2) is 23.6 Å². The van der Waals surface area contributed by atoms with E-state index in [-0.39, 0.29) is 6.10 Å². The fraction of sp³-hybridized carbons (Fsp3) is 0.714. The average Bonchev–Trinajstić information content (AvgIpc) is 1.83. The van der Waals surface area contributed by atoms with Crippen LogP contribution in [-0.2, 0) is 19.1 Å². The first-order valence-electron chi connectivity index (χ1n) is 3.37. The van der Waals surface area contributed by atoms with Crippen LogP contribution in [0.3, 0.4) is 0 Å². The summed E-state index contributed by atoms with van der Waals surface area (Å²) >= 11 is 0. The molecule has 0 spiro atoms. The van der Waals surface area contributed by atoms with Crippen molar-refractivity contribution in [3.63, 3.8) is 0 Å². The van der Waals surface area contributed by atoms with Gasteiger partial charge < -0.3 is 9.47 Å². The summed E-state index contributed by atoms with van der Waals surface area (Å²) in [6.45, 7) is 5.08. The molecular weight excluding hydrogens is 148 g/mol. The molecule has 0 N–H and O–H groups in total. The highest BCUT2D eigenvalue weighted by atomic mass is 16.7. The Morgan fingerprint density at radius 1 is 1.27 bits per heavy atom. The van der Waals surface area contributed by atoms with E-state index in [2.05, 4.69) is 0 Å². The lowest BCUT2D eigenvalue weighted by molar-refractivity contribution is -0.206. The predicted octanol–water partition coefficient (Wildman–Crippen LogP) is 0.253. The van der Waals surface area contributed by atoms with Gasteiger partial charge in [-0.3, -0.25) is 0 Å². The van der Waals surface area contributed by atoms with Gasteiger partial charge in [0.05, 0.1) is 0 Å². The Bertz CT molecular complexity index is 206. The molecule has 1 rings (SSSR count). The van der Waals surface area contributed by atoms with Crippen LogP contribution >= 0.6 is 0 Å². The molecule has 1 aliphatic heterocycles. The summed E-state index contributed by atoms with van der Waals surface area (Å²) in [5, 5.41) is 0. The Labute approximate surface area is 64.5 Å². The number of rotatable bonds is 0. The normalized spacial score (nSPS) is 29.2. The van der Waals surface area contributed by atoms with Gasteiger partial charge in [-0.15, -0.1) is 0 Å². The molecule has 0 aromatic heterocycles. The fourth-order valence-corrected chi connectivity index (χ4v) is 0.714. The fourth-order valence-electron chi connectivity index (χ4n) is 0.714. The van der Waals surface area contributed by atoms with E-state index in [1.165, 1.54) is 0 Å². The molecule has 0 unspecified atom stereocenters. The minimum atomic E-state index is -0.909. The molecule has 62 valence electrons. The first-order valence-corrected chi connectivity index (χ1v) is 3.37. The molecule has 1 fully saturated rings. The third kappa shape index (κ3) is 1.34. The smallest absolute Gasteiger partial charge is 0.418 e. The van der Waals surface area contributed by atoms with E-state index in [0.29, 0.717) is 0 Å². The molecule has 0 radical (unpaired) electrons. The molecule has 0 aromatic carbocycles. The maximum Gasteiger partial charge on any atom is 0.418 e. The molecule has 1 aliphatic rings. The summed E-state index contributed by atoms with van der Waals surface area (Å²) in [5.74, 6) is -1.81. The van der Waals surface area contributed by atoms with E-state index in [1.807, 2.05) is 0 Å². The summed E-state index contributed by atoms with van der Waals surface area (Å²) in [6, 6.07) is 0. The molecule has 11 heavy (non-hydrogen) atoms. The SMILES string of the molecule is C[C@@H]1OC(=O)C(=O)OC1(C)C. The minimum Gasteiger partial charge on any atom is -0.450 e. The zero-order valence-electron chi connectivity index (χ0n) is 6.71. The van der Waals surface area contributed by atoms with E-state index >= 15 is 0 Å². The molecule has 4 nitrogen and oxygen atoms in total. The average molecular weight is 158 g/mol. The van der Waals surface area contributed by atoms with Crippen LogP contribution in [0.5, 0.6) is 0 Å². The lowest BCUT2D eigenvalue weighted by Crippen LogP contribution is -2.49. The molecule has 0 amide bonds. The van der Waals surface area contributed by atoms with E-state index in [0.717, 1.165) is 0 Å². The van der Waals surface area contributed by atoms with Crippen LogP contribution in [0.2, 0.25) is 0 Å². The molecule has 1 heterocycles. The lowest BCUT2D eigenvalue weighted by atomic mass is 10.0. The second-order valence-corrected chi connectivity index (χ2v) is 3.04. The van der Waals surface area contributed by atoms with Gasteiger partial charge in [0, 0.05) is 0 Å². The quantitative estimate of drug-likeness (QED) is 0.374. The summed E-state index contributed by atoms with van der Waals surface area (Å²) in [5.41, 5.74) is -0.703. The van der Waals surface area contributed by atoms with Crippen molar-refractivity contribution in [2.24, 2.45) is 0 Å². The van der Waals surface area contributed by atoms with E-state index in [1.54, 1.807) is 20.8 Å². The first kappa shape index (κ1) is 8.04. The van der Waals surface area contributed by atoms with Gasteiger partial charge in [0.15, 0.2) is 0 Å². The van der Waals surface area contributed by atoms with Crippen LogP contribution in [0, 0.1) is 0 Å². The Morgan fingerprint density at radius 3 is 2.27 bits per heavy atom. The van der Waals surface area contributed by atoms with Gasteiger partial charge in [0.2, 0.25) is 0 Å². The predicted molar refractivity (Wildman–Crippen MR) is 35.7 cm³/mol. The summed E-state index contributed by atoms with van der Waals surface area (Å²) in [7, 11) is 0. The summed E-state index contributed by atoms with van der Waals surface area (Å²) < 4.78 is 9.48. The minimum absolute atomic E-state index is 0.382. The van der Waals surface area contributed by atoms with Crippen LogP contribution in [0.4, 0.5) is 0 Å². The van der Waals surface area contributed by atoms with Crippen LogP contribution in [0.25, 0.3) is 0 Å². The highest BCUT2D eigenvalue weighted by Gasteiger charge is 2.41. The first-order chi connectivity index (χ1) is 4.93. The highest BCUT2D eigenvalue weighted by Crippen LogP contribution is 2.22. The summed E-state index contributed by atoms with van der Waals surface area (Å²) in [4.78, 5) is 21.3. The molecular formula is C7H10O4. The van der Waals surface area contributed by atoms with Crippen LogP contribution in [0.1, 0.15) is 20.8 Å². The van der Waals surface area contributed by atoms with Gasteiger partial charge >= 0.3 is 11.9 Å². The standard InChI is InChI=1S/C7H10O4/c1-4-7(2,3)11-6(9)5(8)10-4/h4H,1-3H3/t4-/m0/s1. The zero-order valence-corrected chi connectivity index (χ0v) is 6.71. The van der Waals surface area contributed by atoms with Crippen molar-refractivity contribution in [1.29, 1.82) is 0 Å². The molecule has 0 aliphatic carbocycles. The van der Waals surface area contributed by atoms with E-state index < -0.39 is 17.5 Å². The number of esters is 2. The third-order valence-electron chi connectivity index (χ3n) is 1.79.